The monoisotopic (exact) mass is 274 g/mol. The largest absolute Gasteiger partial charge is 0.369 e. The first kappa shape index (κ1) is 15.4. The summed E-state index contributed by atoms with van der Waals surface area (Å²) in [6.07, 6.45) is 8.09. The zero-order valence-electron chi connectivity index (χ0n) is 13.4. The van der Waals surface area contributed by atoms with Gasteiger partial charge in [-0.1, -0.05) is 38.3 Å². The highest BCUT2D eigenvalue weighted by Crippen LogP contribution is 2.28. The molecule has 1 unspecified atom stereocenters. The topological polar surface area (TPSA) is 15.3 Å². The van der Waals surface area contributed by atoms with Gasteiger partial charge in [0.1, 0.15) is 0 Å². The summed E-state index contributed by atoms with van der Waals surface area (Å²) in [5.41, 5.74) is 2.80. The summed E-state index contributed by atoms with van der Waals surface area (Å²) >= 11 is 0. The van der Waals surface area contributed by atoms with Gasteiger partial charge in [0.2, 0.25) is 0 Å². The first-order valence-electron chi connectivity index (χ1n) is 8.34. The molecule has 112 valence electrons. The summed E-state index contributed by atoms with van der Waals surface area (Å²) in [6.45, 7) is 5.63. The first-order chi connectivity index (χ1) is 9.80. The molecule has 0 amide bonds. The number of nitrogens with one attached hydrogen (secondary N) is 1. The van der Waals surface area contributed by atoms with Gasteiger partial charge in [0.05, 0.1) is 0 Å². The van der Waals surface area contributed by atoms with Crippen molar-refractivity contribution in [2.75, 3.05) is 18.5 Å². The van der Waals surface area contributed by atoms with Crippen LogP contribution in [0.4, 0.5) is 5.69 Å². The molecule has 0 saturated heterocycles. The fraction of sp³-hybridized carbons (Fsp3) is 0.667. The lowest BCUT2D eigenvalue weighted by Gasteiger charge is -2.35. The molecule has 0 spiro atoms. The van der Waals surface area contributed by atoms with Crippen LogP contribution in [0.15, 0.2) is 24.3 Å². The molecule has 2 heteroatoms. The molecule has 0 aromatic heterocycles. The van der Waals surface area contributed by atoms with Gasteiger partial charge >= 0.3 is 0 Å². The molecule has 0 heterocycles. The summed E-state index contributed by atoms with van der Waals surface area (Å²) in [5.74, 6) is 0. The van der Waals surface area contributed by atoms with E-state index in [1.54, 1.807) is 0 Å². The van der Waals surface area contributed by atoms with E-state index in [-0.39, 0.29) is 0 Å². The molecule has 1 N–H and O–H groups in total. The van der Waals surface area contributed by atoms with Crippen LogP contribution in [-0.4, -0.2) is 19.6 Å². The maximum absolute atomic E-state index is 3.38. The standard InChI is InChI=1S/C18H30N2/c1-4-18(19-3)15-11-13-17(14-12-15)20(5-2)16-9-7-6-8-10-16/h11-14,16,18-19H,4-10H2,1-3H3. The van der Waals surface area contributed by atoms with Crippen molar-refractivity contribution in [2.24, 2.45) is 0 Å². The zero-order valence-corrected chi connectivity index (χ0v) is 13.4. The van der Waals surface area contributed by atoms with Crippen molar-refractivity contribution >= 4 is 5.69 Å². The van der Waals surface area contributed by atoms with E-state index >= 15 is 0 Å². The lowest BCUT2D eigenvalue weighted by molar-refractivity contribution is 0.418. The minimum atomic E-state index is 0.480. The lowest BCUT2D eigenvalue weighted by Crippen LogP contribution is -2.36. The van der Waals surface area contributed by atoms with Crippen molar-refractivity contribution in [2.45, 2.75) is 64.5 Å². The van der Waals surface area contributed by atoms with Crippen molar-refractivity contribution in [3.63, 3.8) is 0 Å². The molecular formula is C18H30N2. The van der Waals surface area contributed by atoms with Crippen molar-refractivity contribution in [3.8, 4) is 0 Å². The maximum atomic E-state index is 3.38. The molecule has 20 heavy (non-hydrogen) atoms. The molecule has 0 aliphatic heterocycles. The highest BCUT2D eigenvalue weighted by molar-refractivity contribution is 5.49. The van der Waals surface area contributed by atoms with Gasteiger partial charge in [0, 0.05) is 24.3 Å². The summed E-state index contributed by atoms with van der Waals surface area (Å²) < 4.78 is 0. The van der Waals surface area contributed by atoms with Crippen LogP contribution in [0.25, 0.3) is 0 Å². The van der Waals surface area contributed by atoms with Crippen LogP contribution in [0.2, 0.25) is 0 Å². The van der Waals surface area contributed by atoms with E-state index in [0.717, 1.165) is 19.0 Å². The third kappa shape index (κ3) is 3.54. The van der Waals surface area contributed by atoms with Crippen LogP contribution in [0.1, 0.15) is 64.0 Å². The number of hydrogen-bond acceptors (Lipinski definition) is 2. The molecule has 1 aliphatic rings. The minimum absolute atomic E-state index is 0.480. The Labute approximate surface area is 124 Å². The number of rotatable bonds is 6. The van der Waals surface area contributed by atoms with Crippen molar-refractivity contribution in [3.05, 3.63) is 29.8 Å². The Kier molecular flexibility index (Phi) is 5.90. The fourth-order valence-electron chi connectivity index (χ4n) is 3.55. The molecule has 0 radical (unpaired) electrons. The summed E-state index contributed by atoms with van der Waals surface area (Å²) in [6, 6.07) is 10.5. The normalized spacial score (nSPS) is 17.9. The Balaban J connectivity index is 2.10. The predicted octanol–water partition coefficient (Wildman–Crippen LogP) is 4.52. The Hall–Kier alpha value is -1.02. The van der Waals surface area contributed by atoms with E-state index in [0.29, 0.717) is 6.04 Å². The second-order valence-electron chi connectivity index (χ2n) is 5.92. The van der Waals surface area contributed by atoms with E-state index in [1.807, 2.05) is 7.05 Å². The minimum Gasteiger partial charge on any atom is -0.369 e. The van der Waals surface area contributed by atoms with Gasteiger partial charge in [-0.15, -0.1) is 0 Å². The SMILES string of the molecule is CCC(NC)c1ccc(N(CC)C2CCCCC2)cc1. The third-order valence-electron chi connectivity index (χ3n) is 4.74. The number of hydrogen-bond donors (Lipinski definition) is 1. The molecule has 1 fully saturated rings. The quantitative estimate of drug-likeness (QED) is 0.820. The van der Waals surface area contributed by atoms with Gasteiger partial charge in [-0.2, -0.15) is 0 Å². The molecule has 0 bridgehead atoms. The predicted molar refractivity (Wildman–Crippen MR) is 88.4 cm³/mol. The highest BCUT2D eigenvalue weighted by atomic mass is 15.2. The van der Waals surface area contributed by atoms with Crippen LogP contribution in [0.5, 0.6) is 0 Å². The maximum Gasteiger partial charge on any atom is 0.0368 e. The average Bonchev–Trinajstić information content (AvgIpc) is 2.52. The summed E-state index contributed by atoms with van der Waals surface area (Å²) in [5, 5.41) is 3.38. The third-order valence-corrected chi connectivity index (χ3v) is 4.74. The van der Waals surface area contributed by atoms with Gasteiger partial charge in [0.15, 0.2) is 0 Å². The molecule has 1 aromatic rings. The van der Waals surface area contributed by atoms with E-state index in [4.69, 9.17) is 0 Å². The van der Waals surface area contributed by atoms with Crippen molar-refractivity contribution in [1.82, 2.24) is 5.32 Å². The van der Waals surface area contributed by atoms with Gasteiger partial charge in [-0.05, 0) is 50.9 Å². The van der Waals surface area contributed by atoms with E-state index in [1.165, 1.54) is 43.4 Å². The van der Waals surface area contributed by atoms with Gasteiger partial charge in [0.25, 0.3) is 0 Å². The smallest absolute Gasteiger partial charge is 0.0368 e. The molecule has 1 saturated carbocycles. The molecule has 2 rings (SSSR count). The molecular weight excluding hydrogens is 244 g/mol. The zero-order chi connectivity index (χ0) is 14.4. The second kappa shape index (κ2) is 7.68. The van der Waals surface area contributed by atoms with Crippen LogP contribution >= 0.6 is 0 Å². The Morgan fingerprint density at radius 2 is 1.75 bits per heavy atom. The fourth-order valence-corrected chi connectivity index (χ4v) is 3.55. The molecule has 1 atom stereocenters. The van der Waals surface area contributed by atoms with Crippen LogP contribution in [-0.2, 0) is 0 Å². The van der Waals surface area contributed by atoms with E-state index in [9.17, 15) is 0 Å². The average molecular weight is 274 g/mol. The van der Waals surface area contributed by atoms with Crippen LogP contribution in [0.3, 0.4) is 0 Å². The van der Waals surface area contributed by atoms with Gasteiger partial charge in [-0.25, -0.2) is 0 Å². The Morgan fingerprint density at radius 1 is 1.10 bits per heavy atom. The molecule has 1 aliphatic carbocycles. The van der Waals surface area contributed by atoms with Crippen LogP contribution in [0, 0.1) is 0 Å². The van der Waals surface area contributed by atoms with Crippen molar-refractivity contribution < 1.29 is 0 Å². The molecule has 2 nitrogen and oxygen atoms in total. The number of anilines is 1. The van der Waals surface area contributed by atoms with Gasteiger partial charge < -0.3 is 10.2 Å². The lowest BCUT2D eigenvalue weighted by atomic mass is 9.93. The Morgan fingerprint density at radius 3 is 2.25 bits per heavy atom. The van der Waals surface area contributed by atoms with E-state index in [2.05, 4.69) is 48.3 Å². The van der Waals surface area contributed by atoms with Gasteiger partial charge in [-0.3, -0.25) is 0 Å². The second-order valence-corrected chi connectivity index (χ2v) is 5.92. The van der Waals surface area contributed by atoms with Crippen molar-refractivity contribution in [1.29, 1.82) is 0 Å². The first-order valence-corrected chi connectivity index (χ1v) is 8.34. The Bertz CT molecular complexity index is 375. The molecule has 1 aromatic carbocycles. The summed E-state index contributed by atoms with van der Waals surface area (Å²) in [4.78, 5) is 2.60. The number of nitrogens with zero attached hydrogens (tertiary/aromatic N) is 1. The summed E-state index contributed by atoms with van der Waals surface area (Å²) in [7, 11) is 2.04. The number of benzene rings is 1. The highest BCUT2D eigenvalue weighted by Gasteiger charge is 2.20. The van der Waals surface area contributed by atoms with E-state index < -0.39 is 0 Å². The van der Waals surface area contributed by atoms with Crippen LogP contribution < -0.4 is 10.2 Å².